The van der Waals surface area contributed by atoms with Crippen molar-refractivity contribution in [3.8, 4) is 0 Å². The van der Waals surface area contributed by atoms with Gasteiger partial charge in [-0.15, -0.1) is 11.3 Å². The van der Waals surface area contributed by atoms with Crippen LogP contribution in [0.3, 0.4) is 0 Å². The van der Waals surface area contributed by atoms with Crippen LogP contribution >= 0.6 is 11.3 Å². The van der Waals surface area contributed by atoms with Gasteiger partial charge in [-0.25, -0.2) is 8.42 Å². The van der Waals surface area contributed by atoms with E-state index in [-0.39, 0.29) is 28.9 Å². The van der Waals surface area contributed by atoms with Gasteiger partial charge in [-0.05, 0) is 31.9 Å². The molecule has 2 heterocycles. The van der Waals surface area contributed by atoms with E-state index in [0.717, 1.165) is 4.88 Å². The van der Waals surface area contributed by atoms with E-state index in [1.807, 2.05) is 6.92 Å². The van der Waals surface area contributed by atoms with Crippen LogP contribution in [-0.2, 0) is 21.4 Å². The number of amides is 1. The van der Waals surface area contributed by atoms with E-state index in [1.165, 1.54) is 21.7 Å². The summed E-state index contributed by atoms with van der Waals surface area (Å²) in [6, 6.07) is 9.58. The minimum Gasteiger partial charge on any atom is -0.351 e. The van der Waals surface area contributed by atoms with Crippen molar-refractivity contribution in [2.75, 3.05) is 13.1 Å². The second-order valence-corrected chi connectivity index (χ2v) is 10.1. The van der Waals surface area contributed by atoms with Crippen LogP contribution in [0.25, 0.3) is 0 Å². The summed E-state index contributed by atoms with van der Waals surface area (Å²) in [6.45, 7) is 2.37. The fourth-order valence-electron chi connectivity index (χ4n) is 3.22. The average molecular weight is 424 g/mol. The van der Waals surface area contributed by atoms with E-state index < -0.39 is 20.9 Å². The number of para-hydroxylation sites is 1. The molecule has 0 radical (unpaired) electrons. The largest absolute Gasteiger partial charge is 0.351 e. The maximum Gasteiger partial charge on any atom is 0.274 e. The summed E-state index contributed by atoms with van der Waals surface area (Å²) in [7, 11) is -3.61. The molecule has 3 rings (SSSR count). The Bertz CT molecular complexity index is 987. The lowest BCUT2D eigenvalue weighted by atomic mass is 9.98. The van der Waals surface area contributed by atoms with E-state index in [4.69, 9.17) is 0 Å². The van der Waals surface area contributed by atoms with E-state index in [1.54, 1.807) is 30.3 Å². The normalized spacial score (nSPS) is 18.0. The van der Waals surface area contributed by atoms with Gasteiger partial charge in [-0.2, -0.15) is 4.31 Å². The first-order valence-corrected chi connectivity index (χ1v) is 11.1. The molecule has 0 bridgehead atoms. The van der Waals surface area contributed by atoms with E-state index in [0.29, 0.717) is 24.9 Å². The monoisotopic (exact) mass is 423 g/mol. The second-order valence-electron chi connectivity index (χ2n) is 6.67. The number of thiophene rings is 1. The highest BCUT2D eigenvalue weighted by molar-refractivity contribution is 7.91. The van der Waals surface area contributed by atoms with Gasteiger partial charge < -0.3 is 5.32 Å². The fourth-order valence-corrected chi connectivity index (χ4v) is 6.18. The maximum absolute atomic E-state index is 12.8. The van der Waals surface area contributed by atoms with Crippen molar-refractivity contribution in [2.45, 2.75) is 30.5 Å². The number of hydrogen-bond donors (Lipinski definition) is 1. The zero-order valence-corrected chi connectivity index (χ0v) is 17.0. The molecule has 1 aliphatic rings. The minimum absolute atomic E-state index is 0.0311. The van der Waals surface area contributed by atoms with Gasteiger partial charge in [0.05, 0.1) is 10.8 Å². The summed E-state index contributed by atoms with van der Waals surface area (Å²) in [6.07, 6.45) is 1.17. The molecular formula is C18H21N3O5S2. The average Bonchev–Trinajstić information content (AvgIpc) is 3.13. The topological polar surface area (TPSA) is 110 Å². The van der Waals surface area contributed by atoms with Gasteiger partial charge in [0.25, 0.3) is 15.7 Å². The molecule has 1 aliphatic heterocycles. The lowest BCUT2D eigenvalue weighted by molar-refractivity contribution is -0.385. The zero-order valence-electron chi connectivity index (χ0n) is 15.3. The van der Waals surface area contributed by atoms with E-state index in [9.17, 15) is 23.3 Å². The van der Waals surface area contributed by atoms with Crippen molar-refractivity contribution >= 4 is 33.0 Å². The number of piperidine rings is 1. The molecule has 0 spiro atoms. The lowest BCUT2D eigenvalue weighted by Crippen LogP contribution is -2.45. The molecule has 0 saturated carbocycles. The fraction of sp³-hybridized carbons (Fsp3) is 0.389. The zero-order chi connectivity index (χ0) is 20.3. The molecule has 1 aromatic heterocycles. The lowest BCUT2D eigenvalue weighted by Gasteiger charge is -2.30. The summed E-state index contributed by atoms with van der Waals surface area (Å²) in [5, 5.41) is 13.8. The number of aryl methyl sites for hydroxylation is 1. The summed E-state index contributed by atoms with van der Waals surface area (Å²) in [4.78, 5) is 24.1. The first kappa shape index (κ1) is 20.4. The molecule has 1 unspecified atom stereocenters. The Labute approximate surface area is 167 Å². The molecule has 2 aromatic rings. The molecular weight excluding hydrogens is 402 g/mol. The Morgan fingerprint density at radius 1 is 1.32 bits per heavy atom. The van der Waals surface area contributed by atoms with Gasteiger partial charge in [0.15, 0.2) is 0 Å². The first-order chi connectivity index (χ1) is 13.3. The van der Waals surface area contributed by atoms with Gasteiger partial charge in [0.1, 0.15) is 4.21 Å². The third-order valence-electron chi connectivity index (χ3n) is 4.71. The Kier molecular flexibility index (Phi) is 6.11. The predicted molar refractivity (Wildman–Crippen MR) is 105 cm³/mol. The van der Waals surface area contributed by atoms with Crippen LogP contribution in [0.1, 0.15) is 23.3 Å². The summed E-state index contributed by atoms with van der Waals surface area (Å²) in [5.74, 6) is -0.771. The van der Waals surface area contributed by atoms with Crippen LogP contribution in [0.5, 0.6) is 0 Å². The molecule has 1 saturated heterocycles. The summed E-state index contributed by atoms with van der Waals surface area (Å²) >= 11 is 1.22. The number of hydrogen-bond acceptors (Lipinski definition) is 6. The number of sulfonamides is 1. The van der Waals surface area contributed by atoms with Gasteiger partial charge in [-0.3, -0.25) is 14.9 Å². The van der Waals surface area contributed by atoms with Crippen molar-refractivity contribution in [3.63, 3.8) is 0 Å². The highest BCUT2D eigenvalue weighted by atomic mass is 32.2. The SMILES string of the molecule is Cc1ccc(S(=O)(=O)N2CCCC(C(=O)NCc3ccccc3[N+](=O)[O-])C2)s1. The highest BCUT2D eigenvalue weighted by Crippen LogP contribution is 2.28. The van der Waals surface area contributed by atoms with Crippen LogP contribution < -0.4 is 5.32 Å². The first-order valence-electron chi connectivity index (χ1n) is 8.85. The van der Waals surface area contributed by atoms with Crippen LogP contribution in [0, 0.1) is 23.0 Å². The molecule has 0 aliphatic carbocycles. The number of rotatable bonds is 6. The van der Waals surface area contributed by atoms with Crippen molar-refractivity contribution in [2.24, 2.45) is 5.92 Å². The quantitative estimate of drug-likeness (QED) is 0.567. The standard InChI is InChI=1S/C18H21N3O5S2/c1-13-8-9-17(27-13)28(25,26)20-10-4-6-15(12-20)18(22)19-11-14-5-2-3-7-16(14)21(23)24/h2-3,5,7-9,15H,4,6,10-12H2,1H3,(H,19,22). The van der Waals surface area contributed by atoms with E-state index >= 15 is 0 Å². The second kappa shape index (κ2) is 8.38. The van der Waals surface area contributed by atoms with Gasteiger partial charge in [0, 0.05) is 36.1 Å². The Morgan fingerprint density at radius 2 is 2.07 bits per heavy atom. The molecule has 150 valence electrons. The number of nitro benzene ring substituents is 1. The Morgan fingerprint density at radius 3 is 2.75 bits per heavy atom. The Hall–Kier alpha value is -2.30. The molecule has 1 N–H and O–H groups in total. The summed E-state index contributed by atoms with van der Waals surface area (Å²) < 4.78 is 27.2. The van der Waals surface area contributed by atoms with Crippen LogP contribution in [0.15, 0.2) is 40.6 Å². The van der Waals surface area contributed by atoms with Gasteiger partial charge in [0.2, 0.25) is 5.91 Å². The van der Waals surface area contributed by atoms with E-state index in [2.05, 4.69) is 5.32 Å². The number of benzene rings is 1. The number of carbonyl (C=O) groups excluding carboxylic acids is 1. The Balaban J connectivity index is 1.66. The predicted octanol–water partition coefficient (Wildman–Crippen LogP) is 2.68. The van der Waals surface area contributed by atoms with Crippen molar-refractivity contribution < 1.29 is 18.1 Å². The van der Waals surface area contributed by atoms with Crippen LogP contribution in [0.2, 0.25) is 0 Å². The maximum atomic E-state index is 12.8. The van der Waals surface area contributed by atoms with Crippen LogP contribution in [0.4, 0.5) is 5.69 Å². The highest BCUT2D eigenvalue weighted by Gasteiger charge is 2.34. The summed E-state index contributed by atoms with van der Waals surface area (Å²) in [5.41, 5.74) is 0.360. The van der Waals surface area contributed by atoms with Gasteiger partial charge in [-0.1, -0.05) is 18.2 Å². The molecule has 10 heteroatoms. The van der Waals surface area contributed by atoms with Crippen molar-refractivity contribution in [1.82, 2.24) is 9.62 Å². The number of carbonyl (C=O) groups is 1. The molecule has 8 nitrogen and oxygen atoms in total. The van der Waals surface area contributed by atoms with Crippen molar-refractivity contribution in [3.05, 3.63) is 57.0 Å². The smallest absolute Gasteiger partial charge is 0.274 e. The molecule has 28 heavy (non-hydrogen) atoms. The number of nitrogens with zero attached hydrogens (tertiary/aromatic N) is 2. The minimum atomic E-state index is -3.61. The molecule has 1 atom stereocenters. The molecule has 1 aromatic carbocycles. The van der Waals surface area contributed by atoms with Crippen LogP contribution in [-0.4, -0.2) is 36.6 Å². The number of nitrogens with one attached hydrogen (secondary N) is 1. The number of nitro groups is 1. The third kappa shape index (κ3) is 4.40. The third-order valence-corrected chi connectivity index (χ3v) is 8.04. The molecule has 1 amide bonds. The molecule has 1 fully saturated rings. The van der Waals surface area contributed by atoms with Gasteiger partial charge >= 0.3 is 0 Å². The van der Waals surface area contributed by atoms with Crippen molar-refractivity contribution in [1.29, 1.82) is 0 Å².